The Hall–Kier alpha value is -2.59. The minimum Gasteiger partial charge on any atom is -0.352 e. The Bertz CT molecular complexity index is 1480. The van der Waals surface area contributed by atoms with E-state index in [1.165, 1.54) is 35.2 Å². The molecule has 1 unspecified atom stereocenters. The summed E-state index contributed by atoms with van der Waals surface area (Å²) in [5.41, 5.74) is 0.891. The lowest BCUT2D eigenvalue weighted by atomic mass is 9.95. The van der Waals surface area contributed by atoms with Gasteiger partial charge in [-0.05, 0) is 67.8 Å². The molecule has 4 rings (SSSR count). The molecule has 0 heterocycles. The third kappa shape index (κ3) is 8.03. The minimum atomic E-state index is -4.22. The molecule has 1 saturated carbocycles. The molecule has 11 heteroatoms. The average Bonchev–Trinajstić information content (AvgIpc) is 2.95. The van der Waals surface area contributed by atoms with Crippen molar-refractivity contribution in [1.82, 2.24) is 10.2 Å². The minimum absolute atomic E-state index is 0.000414. The molecule has 3 aromatic rings. The molecule has 7 nitrogen and oxygen atoms in total. The number of carbonyl (C=O) groups excluding carboxylic acids is 2. The molecule has 0 saturated heterocycles. The van der Waals surface area contributed by atoms with Crippen LogP contribution in [-0.4, -0.2) is 43.8 Å². The molecule has 2 amide bonds. The van der Waals surface area contributed by atoms with Crippen LogP contribution in [0.15, 0.2) is 82.2 Å². The maximum absolute atomic E-state index is 14.1. The fraction of sp³-hybridized carbons (Fsp3) is 0.333. The SMILES string of the molecule is CC(C(=O)NC1CCCCC1)N(Cc1cccc(Br)c1)C(=O)CN(c1ccc(Cl)cc1Cl)S(=O)(=O)c1ccccc1. The predicted molar refractivity (Wildman–Crippen MR) is 167 cm³/mol. The summed E-state index contributed by atoms with van der Waals surface area (Å²) in [5, 5.41) is 3.50. The van der Waals surface area contributed by atoms with Crippen LogP contribution in [0.2, 0.25) is 10.0 Å². The van der Waals surface area contributed by atoms with Gasteiger partial charge < -0.3 is 10.2 Å². The molecular weight excluding hydrogens is 649 g/mol. The maximum atomic E-state index is 14.1. The summed E-state index contributed by atoms with van der Waals surface area (Å²) in [6.45, 7) is 1.19. The first-order chi connectivity index (χ1) is 19.6. The summed E-state index contributed by atoms with van der Waals surface area (Å²) < 4.78 is 29.5. The molecule has 1 atom stereocenters. The van der Waals surface area contributed by atoms with Crippen molar-refractivity contribution >= 4 is 66.7 Å². The Morgan fingerprint density at radius 2 is 1.68 bits per heavy atom. The number of sulfonamides is 1. The number of halogens is 3. The lowest BCUT2D eigenvalue weighted by Crippen LogP contribution is -2.53. The van der Waals surface area contributed by atoms with Gasteiger partial charge in [0.15, 0.2) is 0 Å². The van der Waals surface area contributed by atoms with Gasteiger partial charge in [-0.25, -0.2) is 8.42 Å². The van der Waals surface area contributed by atoms with E-state index < -0.39 is 28.5 Å². The third-order valence-electron chi connectivity index (χ3n) is 7.15. The maximum Gasteiger partial charge on any atom is 0.264 e. The molecular formula is C30H32BrCl2N3O4S. The molecule has 1 N–H and O–H groups in total. The zero-order valence-electron chi connectivity index (χ0n) is 22.6. The van der Waals surface area contributed by atoms with Gasteiger partial charge in [-0.1, -0.05) is 88.7 Å². The van der Waals surface area contributed by atoms with E-state index >= 15 is 0 Å². The van der Waals surface area contributed by atoms with Gasteiger partial charge in [0.2, 0.25) is 11.8 Å². The normalized spacial score (nSPS) is 14.7. The van der Waals surface area contributed by atoms with Crippen LogP contribution in [-0.2, 0) is 26.2 Å². The Morgan fingerprint density at radius 3 is 2.34 bits per heavy atom. The first-order valence-electron chi connectivity index (χ1n) is 13.4. The molecule has 3 aromatic carbocycles. The van der Waals surface area contributed by atoms with Crippen molar-refractivity contribution in [1.29, 1.82) is 0 Å². The fourth-order valence-electron chi connectivity index (χ4n) is 4.90. The number of carbonyl (C=O) groups is 2. The van der Waals surface area contributed by atoms with E-state index in [2.05, 4.69) is 21.2 Å². The highest BCUT2D eigenvalue weighted by molar-refractivity contribution is 9.10. The predicted octanol–water partition coefficient (Wildman–Crippen LogP) is 6.82. The number of amides is 2. The van der Waals surface area contributed by atoms with Crippen LogP contribution in [0.1, 0.15) is 44.6 Å². The Labute approximate surface area is 260 Å². The molecule has 1 aliphatic carbocycles. The number of nitrogens with zero attached hydrogens (tertiary/aromatic N) is 2. The molecule has 41 heavy (non-hydrogen) atoms. The summed E-state index contributed by atoms with van der Waals surface area (Å²) in [4.78, 5) is 28.9. The molecule has 218 valence electrons. The highest BCUT2D eigenvalue weighted by Crippen LogP contribution is 2.33. The molecule has 0 aromatic heterocycles. The molecule has 0 aliphatic heterocycles. The van der Waals surface area contributed by atoms with E-state index in [1.807, 2.05) is 24.3 Å². The number of hydrogen-bond acceptors (Lipinski definition) is 4. The smallest absolute Gasteiger partial charge is 0.264 e. The van der Waals surface area contributed by atoms with Crippen LogP contribution in [0.4, 0.5) is 5.69 Å². The first kappa shape index (κ1) is 31.3. The lowest BCUT2D eigenvalue weighted by molar-refractivity contribution is -0.139. The Balaban J connectivity index is 1.69. The second-order valence-corrected chi connectivity index (χ2v) is 13.7. The van der Waals surface area contributed by atoms with Crippen LogP contribution in [0.25, 0.3) is 0 Å². The van der Waals surface area contributed by atoms with Crippen molar-refractivity contribution in [2.24, 2.45) is 0 Å². The van der Waals surface area contributed by atoms with Gasteiger partial charge in [-0.15, -0.1) is 0 Å². The topological polar surface area (TPSA) is 86.8 Å². The quantitative estimate of drug-likeness (QED) is 0.255. The van der Waals surface area contributed by atoms with Crippen molar-refractivity contribution in [3.63, 3.8) is 0 Å². The molecule has 1 aliphatic rings. The second-order valence-electron chi connectivity index (χ2n) is 10.1. The summed E-state index contributed by atoms with van der Waals surface area (Å²) in [6.07, 6.45) is 5.04. The Kier molecular flexibility index (Phi) is 10.7. The van der Waals surface area contributed by atoms with E-state index in [-0.39, 0.29) is 34.1 Å². The van der Waals surface area contributed by atoms with Crippen LogP contribution in [0.5, 0.6) is 0 Å². The molecule has 0 spiro atoms. The van der Waals surface area contributed by atoms with Crippen molar-refractivity contribution in [3.05, 3.63) is 92.9 Å². The lowest BCUT2D eigenvalue weighted by Gasteiger charge is -2.33. The van der Waals surface area contributed by atoms with E-state index in [9.17, 15) is 18.0 Å². The van der Waals surface area contributed by atoms with Crippen LogP contribution >= 0.6 is 39.1 Å². The summed E-state index contributed by atoms with van der Waals surface area (Å²) in [7, 11) is -4.22. The highest BCUT2D eigenvalue weighted by Gasteiger charge is 2.34. The zero-order valence-corrected chi connectivity index (χ0v) is 26.5. The van der Waals surface area contributed by atoms with Crippen molar-refractivity contribution in [2.75, 3.05) is 10.8 Å². The van der Waals surface area contributed by atoms with Gasteiger partial charge in [-0.3, -0.25) is 13.9 Å². The summed E-state index contributed by atoms with van der Waals surface area (Å²) in [6, 6.07) is 18.9. The molecule has 1 fully saturated rings. The van der Waals surface area contributed by atoms with Crippen molar-refractivity contribution in [3.8, 4) is 0 Å². The number of anilines is 1. The van der Waals surface area contributed by atoms with Crippen molar-refractivity contribution in [2.45, 2.75) is 62.6 Å². The second kappa shape index (κ2) is 14.1. The van der Waals surface area contributed by atoms with E-state index in [0.717, 1.165) is 46.4 Å². The standard InChI is InChI=1S/C30H32BrCl2N3O4S/c1-21(30(38)34-25-11-4-2-5-12-25)35(19-22-9-8-10-23(31)17-22)29(37)20-36(28-16-15-24(32)18-27(28)33)41(39,40)26-13-6-3-7-14-26/h3,6-10,13-18,21,25H,2,4-5,11-12,19-20H2,1H3,(H,34,38). The van der Waals surface area contributed by atoms with Crippen LogP contribution < -0.4 is 9.62 Å². The fourth-order valence-corrected chi connectivity index (χ4v) is 7.36. The largest absolute Gasteiger partial charge is 0.352 e. The Morgan fingerprint density at radius 1 is 0.976 bits per heavy atom. The number of rotatable bonds is 10. The summed E-state index contributed by atoms with van der Waals surface area (Å²) in [5.74, 6) is -0.830. The van der Waals surface area contributed by atoms with Gasteiger partial charge in [0.05, 0.1) is 15.6 Å². The molecule has 0 radical (unpaired) electrons. The van der Waals surface area contributed by atoms with E-state index in [0.29, 0.717) is 5.02 Å². The highest BCUT2D eigenvalue weighted by atomic mass is 79.9. The monoisotopic (exact) mass is 679 g/mol. The van der Waals surface area contributed by atoms with Gasteiger partial charge in [0.1, 0.15) is 12.6 Å². The molecule has 0 bridgehead atoms. The van der Waals surface area contributed by atoms with Crippen LogP contribution in [0.3, 0.4) is 0 Å². The van der Waals surface area contributed by atoms with Crippen molar-refractivity contribution < 1.29 is 18.0 Å². The van der Waals surface area contributed by atoms with Crippen LogP contribution in [0, 0.1) is 0 Å². The average molecular weight is 681 g/mol. The summed E-state index contributed by atoms with van der Waals surface area (Å²) >= 11 is 16.0. The van der Waals surface area contributed by atoms with Gasteiger partial charge in [0, 0.05) is 22.1 Å². The zero-order chi connectivity index (χ0) is 29.6. The number of benzene rings is 3. The van der Waals surface area contributed by atoms with Gasteiger partial charge >= 0.3 is 0 Å². The number of hydrogen-bond donors (Lipinski definition) is 1. The first-order valence-corrected chi connectivity index (χ1v) is 16.4. The van der Waals surface area contributed by atoms with Gasteiger partial charge in [-0.2, -0.15) is 0 Å². The van der Waals surface area contributed by atoms with E-state index in [4.69, 9.17) is 23.2 Å². The number of nitrogens with one attached hydrogen (secondary N) is 1. The third-order valence-corrected chi connectivity index (χ3v) is 9.95. The van der Waals surface area contributed by atoms with Gasteiger partial charge in [0.25, 0.3) is 10.0 Å². The van der Waals surface area contributed by atoms with E-state index in [1.54, 1.807) is 25.1 Å².